The molecule has 1 heterocycles. The van der Waals surface area contributed by atoms with Crippen molar-refractivity contribution in [2.24, 2.45) is 0 Å². The maximum atomic E-state index is 10.7. The molecule has 0 radical (unpaired) electrons. The summed E-state index contributed by atoms with van der Waals surface area (Å²) in [6.45, 7) is 3.17. The van der Waals surface area contributed by atoms with Crippen molar-refractivity contribution < 1.29 is 25.9 Å². The maximum absolute atomic E-state index is 10.7. The fraction of sp³-hybridized carbons (Fsp3) is 1.00. The van der Waals surface area contributed by atoms with Crippen LogP contribution in [-0.4, -0.2) is 86.5 Å². The van der Waals surface area contributed by atoms with E-state index in [2.05, 4.69) is 0 Å². The molecule has 0 aromatic heterocycles. The molecule has 19 heavy (non-hydrogen) atoms. The highest BCUT2D eigenvalue weighted by atomic mass is 32.2. The molecule has 10 heteroatoms. The minimum atomic E-state index is -3.95. The van der Waals surface area contributed by atoms with Crippen LogP contribution < -0.4 is 0 Å². The Labute approximate surface area is 113 Å². The van der Waals surface area contributed by atoms with Crippen LogP contribution in [0.1, 0.15) is 6.42 Å². The third-order valence-electron chi connectivity index (χ3n) is 3.01. The fourth-order valence-corrected chi connectivity index (χ4v) is 2.94. The van der Waals surface area contributed by atoms with Gasteiger partial charge in [-0.05, 0) is 19.5 Å². The Balaban J connectivity index is 2.35. The Bertz CT molecular complexity index is 431. The molecule has 2 N–H and O–H groups in total. The highest BCUT2D eigenvalue weighted by molar-refractivity contribution is 7.86. The zero-order chi connectivity index (χ0) is 14.5. The molecule has 0 atom stereocenters. The van der Waals surface area contributed by atoms with E-state index in [1.54, 1.807) is 0 Å². The molecule has 114 valence electrons. The van der Waals surface area contributed by atoms with Crippen LogP contribution in [0, 0.1) is 0 Å². The molecule has 1 saturated heterocycles. The van der Waals surface area contributed by atoms with E-state index >= 15 is 0 Å². The Hall–Kier alpha value is -0.260. The third-order valence-corrected chi connectivity index (χ3v) is 4.41. The largest absolute Gasteiger partial charge is 0.301 e. The van der Waals surface area contributed by atoms with Gasteiger partial charge in [-0.3, -0.25) is 9.11 Å². The standard InChI is InChI=1S/C9H20N2O6S2/c12-18(13,14)8-6-10-2-1-3-11(5-4-10)7-9-19(15,16)17/h1-9H2,(H,12,13,14)(H,15,16,17). The van der Waals surface area contributed by atoms with Crippen molar-refractivity contribution >= 4 is 20.2 Å². The van der Waals surface area contributed by atoms with Crippen LogP contribution in [0.3, 0.4) is 0 Å². The van der Waals surface area contributed by atoms with E-state index in [0.29, 0.717) is 26.2 Å². The second-order valence-corrected chi connectivity index (χ2v) is 7.75. The van der Waals surface area contributed by atoms with Gasteiger partial charge < -0.3 is 9.80 Å². The van der Waals surface area contributed by atoms with E-state index in [-0.39, 0.29) is 24.6 Å². The van der Waals surface area contributed by atoms with Gasteiger partial charge in [0.05, 0.1) is 11.5 Å². The number of rotatable bonds is 6. The number of nitrogens with zero attached hydrogens (tertiary/aromatic N) is 2. The van der Waals surface area contributed by atoms with Crippen LogP contribution in [0.2, 0.25) is 0 Å². The molecule has 0 spiro atoms. The van der Waals surface area contributed by atoms with E-state index in [9.17, 15) is 16.8 Å². The first-order valence-electron chi connectivity index (χ1n) is 6.01. The summed E-state index contributed by atoms with van der Waals surface area (Å²) in [5, 5.41) is 0. The Morgan fingerprint density at radius 1 is 0.737 bits per heavy atom. The SMILES string of the molecule is O=S(=O)(O)CCN1CCCN(CCS(=O)(=O)O)CC1. The molecule has 8 nitrogen and oxygen atoms in total. The van der Waals surface area contributed by atoms with E-state index in [1.807, 2.05) is 9.80 Å². The Kier molecular flexibility index (Phi) is 6.15. The van der Waals surface area contributed by atoms with Gasteiger partial charge >= 0.3 is 0 Å². The molecule has 1 aliphatic heterocycles. The molecule has 0 aliphatic carbocycles. The average molecular weight is 316 g/mol. The second kappa shape index (κ2) is 6.95. The average Bonchev–Trinajstić information content (AvgIpc) is 2.47. The Morgan fingerprint density at radius 3 is 1.42 bits per heavy atom. The predicted octanol–water partition coefficient (Wildman–Crippen LogP) is -1.23. The third kappa shape index (κ3) is 8.50. The predicted molar refractivity (Wildman–Crippen MR) is 70.3 cm³/mol. The monoisotopic (exact) mass is 316 g/mol. The minimum Gasteiger partial charge on any atom is -0.301 e. The first-order chi connectivity index (χ1) is 8.66. The van der Waals surface area contributed by atoms with Crippen LogP contribution in [0.15, 0.2) is 0 Å². The van der Waals surface area contributed by atoms with Gasteiger partial charge in [-0.25, -0.2) is 0 Å². The molecule has 0 aromatic carbocycles. The highest BCUT2D eigenvalue weighted by Crippen LogP contribution is 2.03. The molecular weight excluding hydrogens is 296 g/mol. The van der Waals surface area contributed by atoms with Gasteiger partial charge in [0.25, 0.3) is 20.2 Å². The van der Waals surface area contributed by atoms with E-state index in [4.69, 9.17) is 9.11 Å². The molecule has 1 aliphatic rings. The normalized spacial score (nSPS) is 20.3. The molecule has 0 unspecified atom stereocenters. The van der Waals surface area contributed by atoms with Crippen molar-refractivity contribution in [1.82, 2.24) is 9.80 Å². The van der Waals surface area contributed by atoms with E-state index < -0.39 is 20.2 Å². The molecule has 1 rings (SSSR count). The second-order valence-electron chi connectivity index (χ2n) is 4.61. The molecule has 0 amide bonds. The lowest BCUT2D eigenvalue weighted by Crippen LogP contribution is -2.35. The summed E-state index contributed by atoms with van der Waals surface area (Å²) < 4.78 is 60.0. The smallest absolute Gasteiger partial charge is 0.266 e. The summed E-state index contributed by atoms with van der Waals surface area (Å²) in [5.41, 5.74) is 0. The van der Waals surface area contributed by atoms with Gasteiger partial charge in [-0.2, -0.15) is 16.8 Å². The molecule has 0 saturated carbocycles. The summed E-state index contributed by atoms with van der Waals surface area (Å²) in [4.78, 5) is 3.84. The van der Waals surface area contributed by atoms with Gasteiger partial charge in [-0.15, -0.1) is 0 Å². The maximum Gasteiger partial charge on any atom is 0.266 e. The van der Waals surface area contributed by atoms with Crippen LogP contribution in [0.5, 0.6) is 0 Å². The van der Waals surface area contributed by atoms with Crippen molar-refractivity contribution in [1.29, 1.82) is 0 Å². The molecular formula is C9H20N2O6S2. The van der Waals surface area contributed by atoms with Gasteiger partial charge in [0.2, 0.25) is 0 Å². The lowest BCUT2D eigenvalue weighted by atomic mass is 10.4. The Morgan fingerprint density at radius 2 is 1.11 bits per heavy atom. The lowest BCUT2D eigenvalue weighted by molar-refractivity contribution is 0.270. The fourth-order valence-electron chi connectivity index (χ4n) is 1.96. The van der Waals surface area contributed by atoms with Crippen molar-refractivity contribution in [2.45, 2.75) is 6.42 Å². The minimum absolute atomic E-state index is 0.269. The topological polar surface area (TPSA) is 115 Å². The first kappa shape index (κ1) is 16.8. The first-order valence-corrected chi connectivity index (χ1v) is 9.22. The molecule has 0 aromatic rings. The number of hydrogen-bond acceptors (Lipinski definition) is 6. The lowest BCUT2D eigenvalue weighted by Gasteiger charge is -2.20. The van der Waals surface area contributed by atoms with E-state index in [0.717, 1.165) is 6.42 Å². The van der Waals surface area contributed by atoms with Crippen LogP contribution in [0.4, 0.5) is 0 Å². The van der Waals surface area contributed by atoms with Crippen molar-refractivity contribution in [3.8, 4) is 0 Å². The zero-order valence-electron chi connectivity index (χ0n) is 10.6. The van der Waals surface area contributed by atoms with Gasteiger partial charge in [0, 0.05) is 26.2 Å². The van der Waals surface area contributed by atoms with Crippen molar-refractivity contribution in [3.63, 3.8) is 0 Å². The van der Waals surface area contributed by atoms with Gasteiger partial charge in [0.15, 0.2) is 0 Å². The molecule has 0 bridgehead atoms. The summed E-state index contributed by atoms with van der Waals surface area (Å²) >= 11 is 0. The van der Waals surface area contributed by atoms with Crippen molar-refractivity contribution in [2.75, 3.05) is 50.8 Å². The quantitative estimate of drug-likeness (QED) is 0.585. The van der Waals surface area contributed by atoms with Crippen molar-refractivity contribution in [3.05, 3.63) is 0 Å². The van der Waals surface area contributed by atoms with Gasteiger partial charge in [0.1, 0.15) is 0 Å². The van der Waals surface area contributed by atoms with E-state index in [1.165, 1.54) is 0 Å². The zero-order valence-corrected chi connectivity index (χ0v) is 12.2. The van der Waals surface area contributed by atoms with Gasteiger partial charge in [-0.1, -0.05) is 0 Å². The number of hydrogen-bond donors (Lipinski definition) is 2. The highest BCUT2D eigenvalue weighted by Gasteiger charge is 2.17. The van der Waals surface area contributed by atoms with Crippen LogP contribution >= 0.6 is 0 Å². The van der Waals surface area contributed by atoms with Crippen LogP contribution in [0.25, 0.3) is 0 Å². The van der Waals surface area contributed by atoms with Crippen LogP contribution in [-0.2, 0) is 20.2 Å². The summed E-state index contributed by atoms with van der Waals surface area (Å²) in [7, 11) is -7.89. The summed E-state index contributed by atoms with van der Waals surface area (Å²) in [6, 6.07) is 0. The summed E-state index contributed by atoms with van der Waals surface area (Å²) in [6.07, 6.45) is 0.789. The summed E-state index contributed by atoms with van der Waals surface area (Å²) in [5.74, 6) is -0.587. The molecule has 1 fully saturated rings.